The van der Waals surface area contributed by atoms with Gasteiger partial charge in [-0.15, -0.1) is 0 Å². The molecule has 0 bridgehead atoms. The lowest BCUT2D eigenvalue weighted by molar-refractivity contribution is -0.137. The van der Waals surface area contributed by atoms with Crippen molar-refractivity contribution in [3.63, 3.8) is 0 Å². The van der Waals surface area contributed by atoms with Crippen molar-refractivity contribution in [2.75, 3.05) is 42.8 Å². The minimum atomic E-state index is -4.69. The number of nitrogens with one attached hydrogen (secondary N) is 3. The van der Waals surface area contributed by atoms with Crippen LogP contribution >= 0.6 is 0 Å². The van der Waals surface area contributed by atoms with Gasteiger partial charge in [0, 0.05) is 66.3 Å². The van der Waals surface area contributed by atoms with Gasteiger partial charge in [-0.1, -0.05) is 13.0 Å². The average molecular weight is 680 g/mol. The van der Waals surface area contributed by atoms with Gasteiger partial charge in [-0.25, -0.2) is 0 Å². The maximum absolute atomic E-state index is 14.1. The first-order valence-electron chi connectivity index (χ1n) is 15.6. The number of hydrogen-bond acceptors (Lipinski definition) is 8. The van der Waals surface area contributed by atoms with Gasteiger partial charge in [0.05, 0.1) is 25.3 Å². The Hall–Kier alpha value is -5.53. The van der Waals surface area contributed by atoms with Crippen LogP contribution in [0.3, 0.4) is 0 Å². The smallest absolute Gasteiger partial charge is 0.418 e. The van der Waals surface area contributed by atoms with Gasteiger partial charge >= 0.3 is 6.18 Å². The van der Waals surface area contributed by atoms with Gasteiger partial charge in [-0.2, -0.15) is 13.2 Å². The van der Waals surface area contributed by atoms with E-state index in [1.807, 2.05) is 0 Å². The Morgan fingerprint density at radius 3 is 2.18 bits per heavy atom. The first kappa shape index (κ1) is 34.8. The van der Waals surface area contributed by atoms with Crippen molar-refractivity contribution in [2.45, 2.75) is 44.8 Å². The zero-order valence-electron chi connectivity index (χ0n) is 27.1. The second-order valence-electron chi connectivity index (χ2n) is 11.3. The third-order valence-corrected chi connectivity index (χ3v) is 7.98. The van der Waals surface area contributed by atoms with E-state index >= 15 is 0 Å². The van der Waals surface area contributed by atoms with Gasteiger partial charge in [0.15, 0.2) is 11.5 Å². The van der Waals surface area contributed by atoms with Crippen LogP contribution in [0.2, 0.25) is 0 Å². The molecule has 0 unspecified atom stereocenters. The van der Waals surface area contributed by atoms with Crippen molar-refractivity contribution in [1.82, 2.24) is 10.3 Å². The van der Waals surface area contributed by atoms with Crippen LogP contribution in [0.1, 0.15) is 38.2 Å². The molecule has 5 rings (SSSR count). The summed E-state index contributed by atoms with van der Waals surface area (Å²) < 4.78 is 59.1. The molecular formula is C35H36F3N5O6. The maximum Gasteiger partial charge on any atom is 0.418 e. The zero-order chi connectivity index (χ0) is 35.1. The number of carbonyl (C=O) groups is 3. The number of methoxy groups -OCH3 is 2. The van der Waals surface area contributed by atoms with E-state index in [1.54, 1.807) is 60.5 Å². The highest BCUT2D eigenvalue weighted by Gasteiger charge is 2.36. The summed E-state index contributed by atoms with van der Waals surface area (Å²) in [5, 5.41) is 8.57. The first-order chi connectivity index (χ1) is 23.5. The summed E-state index contributed by atoms with van der Waals surface area (Å²) in [5.74, 6) is 0.315. The van der Waals surface area contributed by atoms with Gasteiger partial charge in [0.1, 0.15) is 17.9 Å². The summed E-state index contributed by atoms with van der Waals surface area (Å²) in [6, 6.07) is 15.1. The van der Waals surface area contributed by atoms with E-state index in [0.717, 1.165) is 6.07 Å². The van der Waals surface area contributed by atoms with E-state index in [1.165, 1.54) is 26.4 Å². The number of piperidine rings is 1. The Kier molecular flexibility index (Phi) is 10.7. The van der Waals surface area contributed by atoms with Crippen molar-refractivity contribution in [3.05, 3.63) is 72.4 Å². The molecule has 1 saturated heterocycles. The van der Waals surface area contributed by atoms with E-state index in [-0.39, 0.29) is 23.3 Å². The molecule has 3 aromatic carbocycles. The summed E-state index contributed by atoms with van der Waals surface area (Å²) in [7, 11) is 3.05. The lowest BCUT2D eigenvalue weighted by Gasteiger charge is -2.35. The van der Waals surface area contributed by atoms with Crippen LogP contribution in [0.25, 0.3) is 10.9 Å². The highest BCUT2D eigenvalue weighted by molar-refractivity contribution is 6.08. The first-order valence-corrected chi connectivity index (χ1v) is 15.6. The number of hydrogen-bond donors (Lipinski definition) is 3. The van der Waals surface area contributed by atoms with E-state index < -0.39 is 30.0 Å². The quantitative estimate of drug-likeness (QED) is 0.153. The number of fused-ring (bicyclic) bond motifs is 1. The van der Waals surface area contributed by atoms with Crippen LogP contribution in [-0.2, 0) is 20.6 Å². The highest BCUT2D eigenvalue weighted by Crippen LogP contribution is 2.40. The molecule has 0 atom stereocenters. The van der Waals surface area contributed by atoms with Crippen molar-refractivity contribution in [2.24, 2.45) is 0 Å². The van der Waals surface area contributed by atoms with E-state index in [0.29, 0.717) is 71.9 Å². The van der Waals surface area contributed by atoms with E-state index in [4.69, 9.17) is 14.2 Å². The molecule has 1 fully saturated rings. The second-order valence-corrected chi connectivity index (χ2v) is 11.3. The second kappa shape index (κ2) is 15.1. The van der Waals surface area contributed by atoms with Crippen molar-refractivity contribution >= 4 is 45.7 Å². The van der Waals surface area contributed by atoms with Crippen molar-refractivity contribution in [3.8, 4) is 23.0 Å². The Morgan fingerprint density at radius 1 is 0.857 bits per heavy atom. The predicted octanol–water partition coefficient (Wildman–Crippen LogP) is 6.53. The Bertz CT molecular complexity index is 1840. The van der Waals surface area contributed by atoms with Crippen molar-refractivity contribution in [1.29, 1.82) is 0 Å². The minimum absolute atomic E-state index is 0.00997. The average Bonchev–Trinajstić information content (AvgIpc) is 3.07. The Balaban J connectivity index is 1.21. The van der Waals surface area contributed by atoms with Crippen LogP contribution in [0.5, 0.6) is 23.0 Å². The summed E-state index contributed by atoms with van der Waals surface area (Å²) in [4.78, 5) is 43.1. The Labute approximate surface area is 280 Å². The maximum atomic E-state index is 14.1. The van der Waals surface area contributed by atoms with Gasteiger partial charge < -0.3 is 35.1 Å². The largest absolute Gasteiger partial charge is 0.493 e. The highest BCUT2D eigenvalue weighted by atomic mass is 19.4. The van der Waals surface area contributed by atoms with Crippen LogP contribution in [0.15, 0.2) is 66.9 Å². The SMILES string of the molecule is CCC(=O)NC1CCN(c2ccc(NC(=O)CC(=O)Nc3cccc(Oc4ccnc5cc(OC)c(OC)cc45)c3)cc2C(F)(F)F)CC1. The predicted molar refractivity (Wildman–Crippen MR) is 178 cm³/mol. The van der Waals surface area contributed by atoms with Crippen LogP contribution < -0.4 is 35.1 Å². The van der Waals surface area contributed by atoms with Gasteiger partial charge in [-0.3, -0.25) is 19.4 Å². The molecule has 14 heteroatoms. The molecule has 1 aliphatic rings. The molecule has 3 amide bonds. The molecule has 3 N–H and O–H groups in total. The van der Waals surface area contributed by atoms with Crippen molar-refractivity contribution < 1.29 is 41.8 Å². The summed E-state index contributed by atoms with van der Waals surface area (Å²) in [5.41, 5.74) is -0.0457. The van der Waals surface area contributed by atoms with Crippen LogP contribution in [0.4, 0.5) is 30.2 Å². The molecule has 1 aliphatic heterocycles. The van der Waals surface area contributed by atoms with Gasteiger partial charge in [0.25, 0.3) is 0 Å². The fourth-order valence-electron chi connectivity index (χ4n) is 5.57. The number of aromatic nitrogens is 1. The minimum Gasteiger partial charge on any atom is -0.493 e. The molecule has 0 radical (unpaired) electrons. The fourth-order valence-corrected chi connectivity index (χ4v) is 5.57. The van der Waals surface area contributed by atoms with E-state index in [9.17, 15) is 27.6 Å². The fraction of sp³-hybridized carbons (Fsp3) is 0.314. The number of halogens is 3. The normalized spacial score (nSPS) is 13.5. The number of nitrogens with zero attached hydrogens (tertiary/aromatic N) is 2. The molecule has 1 aromatic heterocycles. The molecule has 258 valence electrons. The number of amides is 3. The standard InChI is InChI=1S/C35H36F3N5O6/c1-4-32(44)40-21-11-14-43(15-12-21)28-9-8-23(17-26(28)35(36,37)38)42-34(46)20-33(45)41-22-6-5-7-24(16-22)49-29-10-13-39-27-19-31(48-3)30(47-2)18-25(27)29/h5-10,13,16-19,21H,4,11-12,14-15,20H2,1-3H3,(H,40,44)(H,41,45)(H,42,46). The summed E-state index contributed by atoms with van der Waals surface area (Å²) >= 11 is 0. The molecule has 11 nitrogen and oxygen atoms in total. The molecule has 4 aromatic rings. The number of rotatable bonds is 11. The number of pyridine rings is 1. The third-order valence-electron chi connectivity index (χ3n) is 7.98. The molecule has 2 heterocycles. The van der Waals surface area contributed by atoms with Crippen LogP contribution in [-0.4, -0.2) is 56.1 Å². The van der Waals surface area contributed by atoms with Gasteiger partial charge in [-0.05, 0) is 55.3 Å². The topological polar surface area (TPSA) is 131 Å². The lowest BCUT2D eigenvalue weighted by atomic mass is 10.0. The summed E-state index contributed by atoms with van der Waals surface area (Å²) in [6.07, 6.45) is -2.38. The van der Waals surface area contributed by atoms with E-state index in [2.05, 4.69) is 20.9 Å². The Morgan fingerprint density at radius 2 is 1.53 bits per heavy atom. The lowest BCUT2D eigenvalue weighted by Crippen LogP contribution is -2.45. The third kappa shape index (κ3) is 8.69. The molecular weight excluding hydrogens is 643 g/mol. The molecule has 0 spiro atoms. The van der Waals surface area contributed by atoms with Gasteiger partial charge in [0.2, 0.25) is 17.7 Å². The zero-order valence-corrected chi connectivity index (χ0v) is 27.1. The summed E-state index contributed by atoms with van der Waals surface area (Å²) in [6.45, 7) is 2.41. The molecule has 0 saturated carbocycles. The number of benzene rings is 3. The van der Waals surface area contributed by atoms with Crippen LogP contribution in [0, 0.1) is 0 Å². The molecule has 49 heavy (non-hydrogen) atoms. The number of alkyl halides is 3. The molecule has 0 aliphatic carbocycles. The number of ether oxygens (including phenoxy) is 3. The monoisotopic (exact) mass is 679 g/mol. The number of carbonyl (C=O) groups excluding carboxylic acids is 3. The number of anilines is 3.